The van der Waals surface area contributed by atoms with Crippen LogP contribution in [0.4, 0.5) is 5.69 Å². The molecule has 1 aliphatic rings. The maximum absolute atomic E-state index is 12.8. The molecule has 0 aromatic heterocycles. The predicted octanol–water partition coefficient (Wildman–Crippen LogP) is 3.88. The molecule has 1 atom stereocenters. The van der Waals surface area contributed by atoms with Gasteiger partial charge in [0.2, 0.25) is 11.8 Å². The molecule has 148 valence electrons. The van der Waals surface area contributed by atoms with Gasteiger partial charge in [-0.1, -0.05) is 42.0 Å². The van der Waals surface area contributed by atoms with Crippen LogP contribution in [0.25, 0.3) is 11.1 Å². The summed E-state index contributed by atoms with van der Waals surface area (Å²) in [4.78, 5) is 26.8. The van der Waals surface area contributed by atoms with E-state index in [0.29, 0.717) is 19.6 Å². The van der Waals surface area contributed by atoms with Crippen LogP contribution in [-0.2, 0) is 14.3 Å². The van der Waals surface area contributed by atoms with E-state index in [1.165, 1.54) is 5.56 Å². The Labute approximate surface area is 166 Å². The number of carbonyl (C=O) groups is 2. The van der Waals surface area contributed by atoms with Crippen LogP contribution >= 0.6 is 0 Å². The number of piperidine rings is 1. The fraction of sp³-hybridized carbons (Fsp3) is 0.391. The minimum atomic E-state index is -0.178. The van der Waals surface area contributed by atoms with Crippen molar-refractivity contribution in [2.24, 2.45) is 5.92 Å². The van der Waals surface area contributed by atoms with Crippen LogP contribution in [0, 0.1) is 12.8 Å². The molecule has 28 heavy (non-hydrogen) atoms. The number of ether oxygens (including phenoxy) is 1. The molecular weight excluding hydrogens is 352 g/mol. The van der Waals surface area contributed by atoms with E-state index in [9.17, 15) is 9.59 Å². The highest BCUT2D eigenvalue weighted by atomic mass is 16.5. The number of hydrogen-bond acceptors (Lipinski definition) is 3. The van der Waals surface area contributed by atoms with Crippen LogP contribution in [0.1, 0.15) is 24.8 Å². The van der Waals surface area contributed by atoms with Crippen LogP contribution in [0.5, 0.6) is 0 Å². The third-order valence-corrected chi connectivity index (χ3v) is 5.15. The number of benzene rings is 2. The Bertz CT molecular complexity index is 834. The standard InChI is InChI=1S/C23H28N2O3/c1-17-6-3-7-18(14-17)19-8-4-10-21(15-19)24-23(27)20-9-5-12-25(16-20)22(26)11-13-28-2/h3-4,6-8,10,14-15,20H,5,9,11-13,16H2,1-2H3,(H,24,27). The van der Waals surface area contributed by atoms with Gasteiger partial charge in [0.25, 0.3) is 0 Å². The van der Waals surface area contributed by atoms with Gasteiger partial charge in [-0.2, -0.15) is 0 Å². The number of amides is 2. The van der Waals surface area contributed by atoms with Crippen molar-refractivity contribution in [2.75, 3.05) is 32.1 Å². The molecule has 1 N–H and O–H groups in total. The number of carbonyl (C=O) groups excluding carboxylic acids is 2. The molecule has 1 saturated heterocycles. The number of anilines is 1. The topological polar surface area (TPSA) is 58.6 Å². The molecule has 0 aliphatic carbocycles. The molecular formula is C23H28N2O3. The van der Waals surface area contributed by atoms with E-state index in [0.717, 1.165) is 36.2 Å². The predicted molar refractivity (Wildman–Crippen MR) is 111 cm³/mol. The number of nitrogens with zero attached hydrogens (tertiary/aromatic N) is 1. The number of nitrogens with one attached hydrogen (secondary N) is 1. The Hall–Kier alpha value is -2.66. The van der Waals surface area contributed by atoms with Crippen molar-refractivity contribution in [3.8, 4) is 11.1 Å². The Morgan fingerprint density at radius 2 is 1.89 bits per heavy atom. The summed E-state index contributed by atoms with van der Waals surface area (Å²) < 4.78 is 4.98. The number of hydrogen-bond donors (Lipinski definition) is 1. The molecule has 2 aromatic rings. The van der Waals surface area contributed by atoms with Gasteiger partial charge in [0.05, 0.1) is 18.9 Å². The van der Waals surface area contributed by atoms with Gasteiger partial charge < -0.3 is 15.0 Å². The highest BCUT2D eigenvalue weighted by molar-refractivity contribution is 5.93. The molecule has 5 heteroatoms. The second kappa shape index (κ2) is 9.51. The Balaban J connectivity index is 1.64. The smallest absolute Gasteiger partial charge is 0.229 e. The minimum absolute atomic E-state index is 0.0226. The molecule has 0 radical (unpaired) electrons. The van der Waals surface area contributed by atoms with E-state index in [2.05, 4.69) is 30.4 Å². The molecule has 1 unspecified atom stereocenters. The summed E-state index contributed by atoms with van der Waals surface area (Å²) in [6, 6.07) is 16.2. The first-order valence-corrected chi connectivity index (χ1v) is 9.81. The van der Waals surface area contributed by atoms with Crippen molar-refractivity contribution in [2.45, 2.75) is 26.2 Å². The molecule has 2 aromatic carbocycles. The SMILES string of the molecule is COCCC(=O)N1CCCC(C(=O)Nc2cccc(-c3cccc(C)c3)c2)C1. The summed E-state index contributed by atoms with van der Waals surface area (Å²) in [6.45, 7) is 3.68. The van der Waals surface area contributed by atoms with Gasteiger partial charge in [0.15, 0.2) is 0 Å². The van der Waals surface area contributed by atoms with Gasteiger partial charge in [0.1, 0.15) is 0 Å². The number of likely N-dealkylation sites (tertiary alicyclic amines) is 1. The van der Waals surface area contributed by atoms with Crippen LogP contribution < -0.4 is 5.32 Å². The van der Waals surface area contributed by atoms with Gasteiger partial charge in [-0.3, -0.25) is 9.59 Å². The van der Waals surface area contributed by atoms with Crippen LogP contribution in [0.2, 0.25) is 0 Å². The summed E-state index contributed by atoms with van der Waals surface area (Å²) in [6.07, 6.45) is 2.01. The normalized spacial score (nSPS) is 16.6. The van der Waals surface area contributed by atoms with Crippen molar-refractivity contribution in [3.63, 3.8) is 0 Å². The first-order valence-electron chi connectivity index (χ1n) is 9.81. The maximum Gasteiger partial charge on any atom is 0.229 e. The van der Waals surface area contributed by atoms with Gasteiger partial charge in [-0.15, -0.1) is 0 Å². The largest absolute Gasteiger partial charge is 0.384 e. The van der Waals surface area contributed by atoms with E-state index in [1.54, 1.807) is 12.0 Å². The number of methoxy groups -OCH3 is 1. The van der Waals surface area contributed by atoms with E-state index < -0.39 is 0 Å². The molecule has 0 saturated carbocycles. The van der Waals surface area contributed by atoms with Gasteiger partial charge in [-0.25, -0.2) is 0 Å². The van der Waals surface area contributed by atoms with Crippen molar-refractivity contribution in [1.29, 1.82) is 0 Å². The van der Waals surface area contributed by atoms with Crippen molar-refractivity contribution < 1.29 is 14.3 Å². The van der Waals surface area contributed by atoms with Crippen LogP contribution in [0.15, 0.2) is 48.5 Å². The molecule has 1 heterocycles. The average molecular weight is 380 g/mol. The highest BCUT2D eigenvalue weighted by Crippen LogP contribution is 2.25. The average Bonchev–Trinajstić information content (AvgIpc) is 2.72. The lowest BCUT2D eigenvalue weighted by Gasteiger charge is -2.32. The monoisotopic (exact) mass is 380 g/mol. The van der Waals surface area contributed by atoms with Gasteiger partial charge in [-0.05, 0) is 43.0 Å². The van der Waals surface area contributed by atoms with Crippen molar-refractivity contribution in [3.05, 3.63) is 54.1 Å². The van der Waals surface area contributed by atoms with E-state index in [-0.39, 0.29) is 17.7 Å². The zero-order chi connectivity index (χ0) is 19.9. The lowest BCUT2D eigenvalue weighted by molar-refractivity contribution is -0.135. The number of rotatable bonds is 6. The molecule has 2 amide bonds. The summed E-state index contributed by atoms with van der Waals surface area (Å²) in [5.74, 6) is -0.144. The maximum atomic E-state index is 12.8. The fourth-order valence-corrected chi connectivity index (χ4v) is 3.61. The summed E-state index contributed by atoms with van der Waals surface area (Å²) in [5.41, 5.74) is 4.18. The van der Waals surface area contributed by atoms with Crippen molar-refractivity contribution in [1.82, 2.24) is 4.90 Å². The summed E-state index contributed by atoms with van der Waals surface area (Å²) >= 11 is 0. The molecule has 0 spiro atoms. The summed E-state index contributed by atoms with van der Waals surface area (Å²) in [5, 5.41) is 3.04. The second-order valence-corrected chi connectivity index (χ2v) is 7.36. The summed E-state index contributed by atoms with van der Waals surface area (Å²) in [7, 11) is 1.59. The first-order chi connectivity index (χ1) is 13.6. The molecule has 5 nitrogen and oxygen atoms in total. The molecule has 3 rings (SSSR count). The van der Waals surface area contributed by atoms with E-state index in [4.69, 9.17) is 4.74 Å². The lowest BCUT2D eigenvalue weighted by Crippen LogP contribution is -2.44. The zero-order valence-corrected chi connectivity index (χ0v) is 16.6. The lowest BCUT2D eigenvalue weighted by atomic mass is 9.96. The van der Waals surface area contributed by atoms with Crippen LogP contribution in [-0.4, -0.2) is 43.5 Å². The van der Waals surface area contributed by atoms with Crippen molar-refractivity contribution >= 4 is 17.5 Å². The highest BCUT2D eigenvalue weighted by Gasteiger charge is 2.28. The quantitative estimate of drug-likeness (QED) is 0.827. The first kappa shape index (κ1) is 20.1. The van der Waals surface area contributed by atoms with E-state index in [1.807, 2.05) is 30.3 Å². The molecule has 0 bridgehead atoms. The second-order valence-electron chi connectivity index (χ2n) is 7.36. The minimum Gasteiger partial charge on any atom is -0.384 e. The van der Waals surface area contributed by atoms with E-state index >= 15 is 0 Å². The fourth-order valence-electron chi connectivity index (χ4n) is 3.61. The molecule has 1 aliphatic heterocycles. The third kappa shape index (κ3) is 5.20. The molecule has 1 fully saturated rings. The van der Waals surface area contributed by atoms with Gasteiger partial charge >= 0.3 is 0 Å². The van der Waals surface area contributed by atoms with Crippen LogP contribution in [0.3, 0.4) is 0 Å². The number of aryl methyl sites for hydroxylation is 1. The Morgan fingerprint density at radius 1 is 1.14 bits per heavy atom. The third-order valence-electron chi connectivity index (χ3n) is 5.15. The Kier molecular flexibility index (Phi) is 6.82. The van der Waals surface area contributed by atoms with Gasteiger partial charge in [0, 0.05) is 25.9 Å². The Morgan fingerprint density at radius 3 is 2.64 bits per heavy atom. The zero-order valence-electron chi connectivity index (χ0n) is 16.6.